The van der Waals surface area contributed by atoms with Gasteiger partial charge in [0.05, 0.1) is 19.3 Å². The summed E-state index contributed by atoms with van der Waals surface area (Å²) in [4.78, 5) is 11.5. The quantitative estimate of drug-likeness (QED) is 0.620. The number of hydrogen-bond donors (Lipinski definition) is 1. The highest BCUT2D eigenvalue weighted by Crippen LogP contribution is 2.18. The zero-order valence-corrected chi connectivity index (χ0v) is 9.36. The Hall–Kier alpha value is -1.99. The molecule has 0 spiro atoms. The lowest BCUT2D eigenvalue weighted by molar-refractivity contribution is 0.175. The molecule has 4 nitrogen and oxygen atoms in total. The molecule has 1 N–H and O–H groups in total. The molecule has 16 heavy (non-hydrogen) atoms. The van der Waals surface area contributed by atoms with Gasteiger partial charge in [0.15, 0.2) is 0 Å². The first-order valence-electron chi connectivity index (χ1n) is 4.81. The number of hydrazine groups is 1. The van der Waals surface area contributed by atoms with Crippen molar-refractivity contribution in [1.82, 2.24) is 5.43 Å². The molecule has 0 bridgehead atoms. The van der Waals surface area contributed by atoms with Crippen molar-refractivity contribution in [3.63, 3.8) is 0 Å². The standard InChI is InChI=1S/C12H14N2O2/c1-4-9-13-14(12(15)16-3)11-8-6-5-7-10(11)2/h1,5-8,13H,9H2,2-3H3. The number of amides is 1. The molecular weight excluding hydrogens is 204 g/mol. The van der Waals surface area contributed by atoms with Crippen LogP contribution in [-0.2, 0) is 4.74 Å². The zero-order valence-electron chi connectivity index (χ0n) is 9.36. The Bertz CT molecular complexity index is 410. The Kier molecular flexibility index (Phi) is 4.37. The fourth-order valence-corrected chi connectivity index (χ4v) is 1.28. The van der Waals surface area contributed by atoms with Gasteiger partial charge in [-0.2, -0.15) is 0 Å². The number of aryl methyl sites for hydroxylation is 1. The second kappa shape index (κ2) is 5.79. The maximum atomic E-state index is 11.5. The Morgan fingerprint density at radius 1 is 1.56 bits per heavy atom. The lowest BCUT2D eigenvalue weighted by atomic mass is 10.2. The number of methoxy groups -OCH3 is 1. The van der Waals surface area contributed by atoms with Crippen molar-refractivity contribution >= 4 is 11.8 Å². The fraction of sp³-hybridized carbons (Fsp3) is 0.250. The van der Waals surface area contributed by atoms with Crippen LogP contribution in [0.5, 0.6) is 0 Å². The topological polar surface area (TPSA) is 41.6 Å². The van der Waals surface area contributed by atoms with Crippen molar-refractivity contribution in [1.29, 1.82) is 0 Å². The number of ether oxygens (including phenoxy) is 1. The number of benzene rings is 1. The minimum Gasteiger partial charge on any atom is -0.452 e. The Morgan fingerprint density at radius 2 is 2.25 bits per heavy atom. The molecular formula is C12H14N2O2. The summed E-state index contributed by atoms with van der Waals surface area (Å²) in [6, 6.07) is 7.46. The molecule has 0 heterocycles. The van der Waals surface area contributed by atoms with Crippen LogP contribution in [0.25, 0.3) is 0 Å². The van der Waals surface area contributed by atoms with Gasteiger partial charge in [0.1, 0.15) is 0 Å². The van der Waals surface area contributed by atoms with E-state index in [-0.39, 0.29) is 6.54 Å². The van der Waals surface area contributed by atoms with Gasteiger partial charge in [0.25, 0.3) is 0 Å². The Morgan fingerprint density at radius 3 is 2.81 bits per heavy atom. The van der Waals surface area contributed by atoms with Crippen LogP contribution in [0.4, 0.5) is 10.5 Å². The molecule has 1 aromatic rings. The van der Waals surface area contributed by atoms with Gasteiger partial charge in [-0.3, -0.25) is 0 Å². The van der Waals surface area contributed by atoms with E-state index in [1.54, 1.807) is 0 Å². The lowest BCUT2D eigenvalue weighted by Gasteiger charge is -2.22. The number of hydrogen-bond acceptors (Lipinski definition) is 3. The van der Waals surface area contributed by atoms with Crippen LogP contribution in [0, 0.1) is 19.3 Å². The third-order valence-corrected chi connectivity index (χ3v) is 2.05. The highest BCUT2D eigenvalue weighted by Gasteiger charge is 2.16. The molecule has 0 aromatic heterocycles. The van der Waals surface area contributed by atoms with Gasteiger partial charge >= 0.3 is 6.09 Å². The second-order valence-electron chi connectivity index (χ2n) is 3.13. The van der Waals surface area contributed by atoms with Crippen molar-refractivity contribution in [2.45, 2.75) is 6.92 Å². The van der Waals surface area contributed by atoms with Crippen LogP contribution in [0.1, 0.15) is 5.56 Å². The average molecular weight is 218 g/mol. The summed E-state index contributed by atoms with van der Waals surface area (Å²) in [6.45, 7) is 2.16. The van der Waals surface area contributed by atoms with Crippen molar-refractivity contribution < 1.29 is 9.53 Å². The molecule has 0 atom stereocenters. The van der Waals surface area contributed by atoms with E-state index in [2.05, 4.69) is 16.1 Å². The zero-order chi connectivity index (χ0) is 12.0. The smallest absolute Gasteiger partial charge is 0.428 e. The summed E-state index contributed by atoms with van der Waals surface area (Å²) in [5.41, 5.74) is 4.48. The van der Waals surface area contributed by atoms with Crippen LogP contribution >= 0.6 is 0 Å². The highest BCUT2D eigenvalue weighted by molar-refractivity contribution is 5.87. The van der Waals surface area contributed by atoms with Gasteiger partial charge in [0.2, 0.25) is 0 Å². The monoisotopic (exact) mass is 218 g/mol. The minimum atomic E-state index is -0.496. The first-order chi connectivity index (χ1) is 7.70. The number of terminal acetylenes is 1. The van der Waals surface area contributed by atoms with Crippen LogP contribution in [0.2, 0.25) is 0 Å². The molecule has 0 radical (unpaired) electrons. The van der Waals surface area contributed by atoms with Crippen molar-refractivity contribution in [2.75, 3.05) is 18.7 Å². The number of nitrogens with one attached hydrogen (secondary N) is 1. The van der Waals surface area contributed by atoms with E-state index in [1.807, 2.05) is 31.2 Å². The first kappa shape index (κ1) is 12.1. The molecule has 1 amide bonds. The van der Waals surface area contributed by atoms with E-state index >= 15 is 0 Å². The van der Waals surface area contributed by atoms with E-state index in [1.165, 1.54) is 12.1 Å². The molecule has 0 aliphatic heterocycles. The molecule has 0 aliphatic carbocycles. The molecule has 0 aliphatic rings. The van der Waals surface area contributed by atoms with Crippen LogP contribution in [0.3, 0.4) is 0 Å². The summed E-state index contributed by atoms with van der Waals surface area (Å²) < 4.78 is 4.67. The van der Waals surface area contributed by atoms with Crippen molar-refractivity contribution in [2.24, 2.45) is 0 Å². The largest absolute Gasteiger partial charge is 0.452 e. The van der Waals surface area contributed by atoms with E-state index < -0.39 is 6.09 Å². The van der Waals surface area contributed by atoms with Crippen LogP contribution < -0.4 is 10.4 Å². The van der Waals surface area contributed by atoms with E-state index in [9.17, 15) is 4.79 Å². The van der Waals surface area contributed by atoms with E-state index in [0.717, 1.165) is 11.3 Å². The summed E-state index contributed by atoms with van der Waals surface area (Å²) >= 11 is 0. The van der Waals surface area contributed by atoms with Gasteiger partial charge < -0.3 is 4.74 Å². The molecule has 84 valence electrons. The highest BCUT2D eigenvalue weighted by atomic mass is 16.5. The summed E-state index contributed by atoms with van der Waals surface area (Å²) in [7, 11) is 1.32. The van der Waals surface area contributed by atoms with Gasteiger partial charge in [0, 0.05) is 0 Å². The van der Waals surface area contributed by atoms with Gasteiger partial charge in [-0.1, -0.05) is 24.1 Å². The van der Waals surface area contributed by atoms with Crippen LogP contribution in [0.15, 0.2) is 24.3 Å². The van der Waals surface area contributed by atoms with Gasteiger partial charge in [-0.05, 0) is 18.6 Å². The summed E-state index contributed by atoms with van der Waals surface area (Å²) in [6.07, 6.45) is 4.65. The Balaban J connectivity index is 2.97. The summed E-state index contributed by atoms with van der Waals surface area (Å²) in [5, 5.41) is 1.30. The molecule has 0 fully saturated rings. The normalized spacial score (nSPS) is 9.31. The molecule has 1 aromatic carbocycles. The number of nitrogens with zero attached hydrogens (tertiary/aromatic N) is 1. The van der Waals surface area contributed by atoms with Crippen molar-refractivity contribution in [3.05, 3.63) is 29.8 Å². The minimum absolute atomic E-state index is 0.253. The van der Waals surface area contributed by atoms with E-state index in [0.29, 0.717) is 0 Å². The molecule has 4 heteroatoms. The van der Waals surface area contributed by atoms with E-state index in [4.69, 9.17) is 6.42 Å². The lowest BCUT2D eigenvalue weighted by Crippen LogP contribution is -2.43. The maximum absolute atomic E-state index is 11.5. The van der Waals surface area contributed by atoms with Gasteiger partial charge in [-0.25, -0.2) is 15.2 Å². The summed E-state index contributed by atoms with van der Waals surface area (Å²) in [5.74, 6) is 2.41. The number of rotatable bonds is 3. The second-order valence-corrected chi connectivity index (χ2v) is 3.13. The SMILES string of the molecule is C#CCNN(C(=O)OC)c1ccccc1C. The molecule has 0 saturated carbocycles. The third-order valence-electron chi connectivity index (χ3n) is 2.05. The number of carbonyl (C=O) groups is 1. The number of carbonyl (C=O) groups excluding carboxylic acids is 1. The fourth-order valence-electron chi connectivity index (χ4n) is 1.28. The molecule has 0 unspecified atom stereocenters. The predicted molar refractivity (Wildman–Crippen MR) is 62.9 cm³/mol. The third kappa shape index (κ3) is 2.75. The van der Waals surface area contributed by atoms with Crippen molar-refractivity contribution in [3.8, 4) is 12.3 Å². The predicted octanol–water partition coefficient (Wildman–Crippen LogP) is 1.71. The van der Waals surface area contributed by atoms with Gasteiger partial charge in [-0.15, -0.1) is 6.42 Å². The maximum Gasteiger partial charge on any atom is 0.428 e. The first-order valence-corrected chi connectivity index (χ1v) is 4.81. The molecule has 0 saturated heterocycles. The number of anilines is 1. The van der Waals surface area contributed by atoms with Crippen LogP contribution in [-0.4, -0.2) is 19.7 Å². The number of para-hydroxylation sites is 1. The Labute approximate surface area is 95.2 Å². The average Bonchev–Trinajstić information content (AvgIpc) is 2.31. The molecule has 1 rings (SSSR count).